The van der Waals surface area contributed by atoms with Crippen LogP contribution in [0.1, 0.15) is 34.6 Å². The van der Waals surface area contributed by atoms with Gasteiger partial charge in [-0.1, -0.05) is 11.8 Å². The molecule has 8 heteroatoms. The minimum absolute atomic E-state index is 0.0799. The van der Waals surface area contributed by atoms with Crippen LogP contribution in [-0.4, -0.2) is 55.5 Å². The monoisotopic (exact) mass is 363 g/mol. The molecule has 25 heavy (non-hydrogen) atoms. The molecule has 1 heterocycles. The Hall–Kier alpha value is -2.09. The zero-order valence-electron chi connectivity index (χ0n) is 15.3. The van der Waals surface area contributed by atoms with E-state index in [1.54, 1.807) is 4.68 Å². The van der Waals surface area contributed by atoms with Gasteiger partial charge in [0, 0.05) is 12.1 Å². The molecule has 0 spiro atoms. The number of ether oxygens (including phenoxy) is 1. The molecule has 0 bridgehead atoms. The lowest BCUT2D eigenvalue weighted by Gasteiger charge is -2.30. The lowest BCUT2D eigenvalue weighted by Crippen LogP contribution is -2.43. The Labute approximate surface area is 152 Å². The van der Waals surface area contributed by atoms with Gasteiger partial charge >= 0.3 is 0 Å². The molecule has 136 valence electrons. The van der Waals surface area contributed by atoms with E-state index in [1.807, 2.05) is 63.8 Å². The second-order valence-electron chi connectivity index (χ2n) is 6.08. The number of nitrogens with zero attached hydrogens (tertiary/aromatic N) is 5. The first-order valence-corrected chi connectivity index (χ1v) is 9.38. The highest BCUT2D eigenvalue weighted by Crippen LogP contribution is 2.21. The average Bonchev–Trinajstić information content (AvgIpc) is 3.02. The van der Waals surface area contributed by atoms with E-state index in [0.29, 0.717) is 17.5 Å². The van der Waals surface area contributed by atoms with E-state index in [4.69, 9.17) is 4.74 Å². The van der Waals surface area contributed by atoms with Crippen molar-refractivity contribution in [3.05, 3.63) is 24.3 Å². The summed E-state index contributed by atoms with van der Waals surface area (Å²) >= 11 is 1.34. The minimum Gasteiger partial charge on any atom is -0.494 e. The number of hydrogen-bond acceptors (Lipinski definition) is 6. The quantitative estimate of drug-likeness (QED) is 0.672. The minimum atomic E-state index is 0.0799. The molecular formula is C17H25N5O2S. The molecule has 2 rings (SSSR count). The Bertz CT molecular complexity index is 677. The normalized spacial score (nSPS) is 11.2. The maximum absolute atomic E-state index is 12.5. The van der Waals surface area contributed by atoms with Gasteiger partial charge in [-0.25, -0.2) is 0 Å². The van der Waals surface area contributed by atoms with Crippen LogP contribution in [-0.2, 0) is 4.79 Å². The van der Waals surface area contributed by atoms with Crippen LogP contribution in [0.5, 0.6) is 5.75 Å². The Morgan fingerprint density at radius 2 is 1.84 bits per heavy atom. The molecular weight excluding hydrogens is 338 g/mol. The first kappa shape index (κ1) is 19.2. The summed E-state index contributed by atoms with van der Waals surface area (Å²) in [5.74, 6) is 1.18. The summed E-state index contributed by atoms with van der Waals surface area (Å²) in [7, 11) is 0. The number of rotatable bonds is 8. The molecule has 0 aliphatic carbocycles. The molecule has 0 aliphatic rings. The standard InChI is InChI=1S/C17H25N5O2S/c1-6-24-15-9-7-14(8-10-15)22-17(18-19-20-22)25-11-16(23)21(12(2)3)13(4)5/h7-10,12-13H,6,11H2,1-5H3. The van der Waals surface area contributed by atoms with Gasteiger partial charge in [-0.2, -0.15) is 4.68 Å². The van der Waals surface area contributed by atoms with Crippen molar-refractivity contribution in [2.45, 2.75) is 51.9 Å². The van der Waals surface area contributed by atoms with Crippen LogP contribution < -0.4 is 4.74 Å². The van der Waals surface area contributed by atoms with Crippen molar-refractivity contribution in [3.63, 3.8) is 0 Å². The lowest BCUT2D eigenvalue weighted by molar-refractivity contribution is -0.131. The van der Waals surface area contributed by atoms with Crippen molar-refractivity contribution in [1.82, 2.24) is 25.1 Å². The highest BCUT2D eigenvalue weighted by atomic mass is 32.2. The largest absolute Gasteiger partial charge is 0.494 e. The summed E-state index contributed by atoms with van der Waals surface area (Å²) in [5, 5.41) is 12.4. The number of carbonyl (C=O) groups excluding carboxylic acids is 1. The van der Waals surface area contributed by atoms with Gasteiger partial charge in [0.1, 0.15) is 5.75 Å². The van der Waals surface area contributed by atoms with Crippen LogP contribution in [0, 0.1) is 0 Å². The first-order chi connectivity index (χ1) is 11.9. The molecule has 0 N–H and O–H groups in total. The molecule has 0 aliphatic heterocycles. The van der Waals surface area contributed by atoms with E-state index < -0.39 is 0 Å². The van der Waals surface area contributed by atoms with Gasteiger partial charge in [-0.05, 0) is 69.3 Å². The maximum Gasteiger partial charge on any atom is 0.233 e. The predicted octanol–water partition coefficient (Wildman–Crippen LogP) is 2.80. The molecule has 2 aromatic rings. The van der Waals surface area contributed by atoms with Crippen molar-refractivity contribution in [2.75, 3.05) is 12.4 Å². The SMILES string of the molecule is CCOc1ccc(-n2nnnc2SCC(=O)N(C(C)C)C(C)C)cc1. The van der Waals surface area contributed by atoms with E-state index in [2.05, 4.69) is 15.5 Å². The number of aromatic nitrogens is 4. The zero-order chi connectivity index (χ0) is 18.4. The highest BCUT2D eigenvalue weighted by Gasteiger charge is 2.21. The molecule has 0 unspecified atom stereocenters. The van der Waals surface area contributed by atoms with E-state index in [9.17, 15) is 4.79 Å². The molecule has 0 radical (unpaired) electrons. The number of amides is 1. The van der Waals surface area contributed by atoms with Crippen molar-refractivity contribution in [1.29, 1.82) is 0 Å². The van der Waals surface area contributed by atoms with Crippen molar-refractivity contribution >= 4 is 17.7 Å². The van der Waals surface area contributed by atoms with Gasteiger partial charge in [0.05, 0.1) is 18.0 Å². The summed E-state index contributed by atoms with van der Waals surface area (Å²) in [5.41, 5.74) is 0.827. The van der Waals surface area contributed by atoms with Crippen molar-refractivity contribution in [2.24, 2.45) is 0 Å². The van der Waals surface area contributed by atoms with Gasteiger partial charge in [0.15, 0.2) is 0 Å². The molecule has 7 nitrogen and oxygen atoms in total. The molecule has 0 atom stereocenters. The van der Waals surface area contributed by atoms with E-state index in [0.717, 1.165) is 11.4 Å². The van der Waals surface area contributed by atoms with E-state index >= 15 is 0 Å². The third-order valence-electron chi connectivity index (χ3n) is 3.56. The summed E-state index contributed by atoms with van der Waals surface area (Å²) in [6.45, 7) is 10.6. The fraction of sp³-hybridized carbons (Fsp3) is 0.529. The van der Waals surface area contributed by atoms with Crippen LogP contribution in [0.2, 0.25) is 0 Å². The van der Waals surface area contributed by atoms with Crippen molar-refractivity contribution < 1.29 is 9.53 Å². The fourth-order valence-corrected chi connectivity index (χ4v) is 3.41. The molecule has 1 aromatic carbocycles. The van der Waals surface area contributed by atoms with E-state index in [1.165, 1.54) is 11.8 Å². The third kappa shape index (κ3) is 4.94. The average molecular weight is 363 g/mol. The summed E-state index contributed by atoms with van der Waals surface area (Å²) in [6.07, 6.45) is 0. The number of tetrazole rings is 1. The topological polar surface area (TPSA) is 73.1 Å². The summed E-state index contributed by atoms with van der Waals surface area (Å²) < 4.78 is 7.07. The fourth-order valence-electron chi connectivity index (χ4n) is 2.65. The van der Waals surface area contributed by atoms with Gasteiger partial charge in [-0.3, -0.25) is 4.79 Å². The van der Waals surface area contributed by atoms with Crippen molar-refractivity contribution in [3.8, 4) is 11.4 Å². The first-order valence-electron chi connectivity index (χ1n) is 8.39. The number of benzene rings is 1. The van der Waals surface area contributed by atoms with Crippen LogP contribution in [0.3, 0.4) is 0 Å². The number of carbonyl (C=O) groups is 1. The Morgan fingerprint density at radius 1 is 1.20 bits per heavy atom. The molecule has 0 fully saturated rings. The van der Waals surface area contributed by atoms with Crippen LogP contribution in [0.15, 0.2) is 29.4 Å². The smallest absolute Gasteiger partial charge is 0.233 e. The summed E-state index contributed by atoms with van der Waals surface area (Å²) in [4.78, 5) is 14.4. The maximum atomic E-state index is 12.5. The Morgan fingerprint density at radius 3 is 2.40 bits per heavy atom. The second kappa shape index (κ2) is 8.84. The van der Waals surface area contributed by atoms with Gasteiger partial charge < -0.3 is 9.64 Å². The van der Waals surface area contributed by atoms with Gasteiger partial charge in [-0.15, -0.1) is 5.10 Å². The summed E-state index contributed by atoms with van der Waals surface area (Å²) in [6, 6.07) is 7.85. The predicted molar refractivity (Wildman–Crippen MR) is 98.2 cm³/mol. The van der Waals surface area contributed by atoms with Gasteiger partial charge in [0.2, 0.25) is 11.1 Å². The second-order valence-corrected chi connectivity index (χ2v) is 7.02. The van der Waals surface area contributed by atoms with Crippen LogP contribution >= 0.6 is 11.8 Å². The lowest BCUT2D eigenvalue weighted by atomic mass is 10.2. The zero-order valence-corrected chi connectivity index (χ0v) is 16.2. The van der Waals surface area contributed by atoms with Crippen LogP contribution in [0.4, 0.5) is 0 Å². The number of hydrogen-bond donors (Lipinski definition) is 0. The third-order valence-corrected chi connectivity index (χ3v) is 4.46. The molecule has 1 aromatic heterocycles. The van der Waals surface area contributed by atoms with Crippen LogP contribution in [0.25, 0.3) is 5.69 Å². The highest BCUT2D eigenvalue weighted by molar-refractivity contribution is 7.99. The number of thioether (sulfide) groups is 1. The molecule has 0 saturated carbocycles. The Kier molecular flexibility index (Phi) is 6.81. The Balaban J connectivity index is 2.07. The van der Waals surface area contributed by atoms with E-state index in [-0.39, 0.29) is 18.0 Å². The molecule has 1 amide bonds. The van der Waals surface area contributed by atoms with Gasteiger partial charge in [0.25, 0.3) is 0 Å². The molecule has 0 saturated heterocycles.